The van der Waals surface area contributed by atoms with E-state index in [4.69, 9.17) is 0 Å². The van der Waals surface area contributed by atoms with E-state index in [1.54, 1.807) is 11.8 Å². The Morgan fingerprint density at radius 2 is 2.06 bits per heavy atom. The molecule has 0 unspecified atom stereocenters. The first kappa shape index (κ1) is 11.8. The molecule has 2 aromatic rings. The molecule has 1 aromatic carbocycles. The van der Waals surface area contributed by atoms with Gasteiger partial charge in [0.05, 0.1) is 10.9 Å². The molecule has 0 N–H and O–H groups in total. The Kier molecular flexibility index (Phi) is 2.90. The molecule has 94 valence electrons. The average Bonchev–Trinajstić information content (AvgIpc) is 3.13. The van der Waals surface area contributed by atoms with Gasteiger partial charge in [-0.15, -0.1) is 0 Å². The third-order valence-electron chi connectivity index (χ3n) is 3.03. The normalized spacial score (nSPS) is 15.5. The van der Waals surface area contributed by atoms with Gasteiger partial charge < -0.3 is 0 Å². The van der Waals surface area contributed by atoms with Crippen molar-refractivity contribution in [1.29, 1.82) is 0 Å². The Labute approximate surface area is 110 Å². The van der Waals surface area contributed by atoms with Crippen LogP contribution in [-0.2, 0) is 0 Å². The fourth-order valence-corrected chi connectivity index (χ4v) is 2.99. The molecule has 0 spiro atoms. The number of nitrogens with zero attached hydrogens (tertiary/aromatic N) is 2. The quantitative estimate of drug-likeness (QED) is 0.627. The number of fused-ring (bicyclic) bond motifs is 1. The molecule has 1 fully saturated rings. The van der Waals surface area contributed by atoms with E-state index in [1.165, 1.54) is 0 Å². The van der Waals surface area contributed by atoms with Crippen LogP contribution in [0.15, 0.2) is 34.2 Å². The highest BCUT2D eigenvalue weighted by Gasteiger charge is 2.28. The van der Waals surface area contributed by atoms with E-state index in [0.29, 0.717) is 11.3 Å². The molecule has 4 heteroatoms. The lowest BCUT2D eigenvalue weighted by atomic mass is 10.2. The summed E-state index contributed by atoms with van der Waals surface area (Å²) in [5, 5.41) is 2.04. The zero-order valence-electron chi connectivity index (χ0n) is 10.6. The maximum atomic E-state index is 12.5. The van der Waals surface area contributed by atoms with Crippen molar-refractivity contribution in [1.82, 2.24) is 9.55 Å². The summed E-state index contributed by atoms with van der Waals surface area (Å²) in [4.78, 5) is 17.2. The van der Waals surface area contributed by atoms with Gasteiger partial charge in [-0.2, -0.15) is 0 Å². The van der Waals surface area contributed by atoms with Gasteiger partial charge in [-0.1, -0.05) is 37.7 Å². The van der Waals surface area contributed by atoms with Crippen LogP contribution in [0.2, 0.25) is 0 Å². The Morgan fingerprint density at radius 1 is 1.33 bits per heavy atom. The topological polar surface area (TPSA) is 34.9 Å². The van der Waals surface area contributed by atoms with E-state index >= 15 is 0 Å². The van der Waals surface area contributed by atoms with Crippen molar-refractivity contribution in [3.05, 3.63) is 34.6 Å². The second-order valence-corrected chi connectivity index (χ2v) is 6.53. The fourth-order valence-electron chi connectivity index (χ4n) is 2.07. The molecule has 18 heavy (non-hydrogen) atoms. The number of hydrogen-bond acceptors (Lipinski definition) is 3. The minimum absolute atomic E-state index is 0.117. The molecule has 1 heterocycles. The first-order chi connectivity index (χ1) is 8.66. The van der Waals surface area contributed by atoms with Gasteiger partial charge in [0.1, 0.15) is 0 Å². The van der Waals surface area contributed by atoms with Crippen LogP contribution in [0.1, 0.15) is 32.7 Å². The van der Waals surface area contributed by atoms with E-state index in [9.17, 15) is 4.79 Å². The predicted molar refractivity (Wildman–Crippen MR) is 75.3 cm³/mol. The van der Waals surface area contributed by atoms with Gasteiger partial charge in [0.2, 0.25) is 0 Å². The Morgan fingerprint density at radius 3 is 2.72 bits per heavy atom. The Balaban J connectivity index is 2.25. The van der Waals surface area contributed by atoms with Crippen molar-refractivity contribution >= 4 is 22.7 Å². The summed E-state index contributed by atoms with van der Waals surface area (Å²) >= 11 is 1.67. The van der Waals surface area contributed by atoms with E-state index in [2.05, 4.69) is 18.8 Å². The van der Waals surface area contributed by atoms with Crippen LogP contribution in [0.5, 0.6) is 0 Å². The average molecular weight is 260 g/mol. The van der Waals surface area contributed by atoms with Crippen LogP contribution < -0.4 is 5.56 Å². The number of thioether (sulfide) groups is 1. The Hall–Kier alpha value is -1.29. The number of hydrogen-bond donors (Lipinski definition) is 0. The second-order valence-electron chi connectivity index (χ2n) is 4.98. The minimum Gasteiger partial charge on any atom is -0.284 e. The maximum absolute atomic E-state index is 12.5. The van der Waals surface area contributed by atoms with Crippen molar-refractivity contribution in [3.8, 4) is 0 Å². The van der Waals surface area contributed by atoms with Crippen molar-refractivity contribution < 1.29 is 0 Å². The van der Waals surface area contributed by atoms with Crippen LogP contribution >= 0.6 is 11.8 Å². The molecule has 1 aliphatic rings. The highest BCUT2D eigenvalue weighted by molar-refractivity contribution is 7.99. The summed E-state index contributed by atoms with van der Waals surface area (Å²) in [7, 11) is 0. The first-order valence-corrected chi connectivity index (χ1v) is 7.22. The zero-order valence-corrected chi connectivity index (χ0v) is 11.4. The predicted octanol–water partition coefficient (Wildman–Crippen LogP) is 3.23. The van der Waals surface area contributed by atoms with Crippen LogP contribution in [-0.4, -0.2) is 14.8 Å². The molecule has 1 aliphatic carbocycles. The van der Waals surface area contributed by atoms with E-state index in [-0.39, 0.29) is 5.56 Å². The van der Waals surface area contributed by atoms with Crippen molar-refractivity contribution in [3.63, 3.8) is 0 Å². The molecule has 0 atom stereocenters. The van der Waals surface area contributed by atoms with Gasteiger partial charge in [0.25, 0.3) is 5.56 Å². The molecular weight excluding hydrogens is 244 g/mol. The van der Waals surface area contributed by atoms with Gasteiger partial charge >= 0.3 is 0 Å². The summed E-state index contributed by atoms with van der Waals surface area (Å²) in [5.41, 5.74) is 0.925. The molecule has 0 bridgehead atoms. The maximum Gasteiger partial charge on any atom is 0.262 e. The molecule has 0 aliphatic heterocycles. The molecule has 3 nitrogen and oxygen atoms in total. The lowest BCUT2D eigenvalue weighted by Crippen LogP contribution is -2.22. The van der Waals surface area contributed by atoms with E-state index in [0.717, 1.165) is 28.9 Å². The zero-order chi connectivity index (χ0) is 12.7. The largest absolute Gasteiger partial charge is 0.284 e. The smallest absolute Gasteiger partial charge is 0.262 e. The monoisotopic (exact) mass is 260 g/mol. The third-order valence-corrected chi connectivity index (χ3v) is 4.00. The molecule has 0 radical (unpaired) electrons. The highest BCUT2D eigenvalue weighted by Crippen LogP contribution is 2.37. The minimum atomic E-state index is 0.117. The van der Waals surface area contributed by atoms with Gasteiger partial charge in [-0.3, -0.25) is 9.36 Å². The lowest BCUT2D eigenvalue weighted by Gasteiger charge is -2.13. The molecule has 3 rings (SSSR count). The number of rotatable bonds is 3. The summed E-state index contributed by atoms with van der Waals surface area (Å²) in [6, 6.07) is 7.99. The van der Waals surface area contributed by atoms with Gasteiger partial charge in [-0.25, -0.2) is 4.98 Å². The lowest BCUT2D eigenvalue weighted by molar-refractivity contribution is 0.617. The first-order valence-electron chi connectivity index (χ1n) is 6.35. The van der Waals surface area contributed by atoms with Crippen LogP contribution in [0.4, 0.5) is 0 Å². The highest BCUT2D eigenvalue weighted by atomic mass is 32.2. The van der Waals surface area contributed by atoms with Gasteiger partial charge in [0, 0.05) is 11.3 Å². The molecular formula is C14H16N2OS. The fraction of sp³-hybridized carbons (Fsp3) is 0.429. The standard InChI is InChI=1S/C14H16N2OS/c1-9(2)18-14-15-12-6-4-3-5-11(12)13(17)16(14)10-7-8-10/h3-6,9-10H,7-8H2,1-2H3. The number of para-hydroxylation sites is 1. The molecule has 1 saturated carbocycles. The summed E-state index contributed by atoms with van der Waals surface area (Å²) < 4.78 is 1.90. The number of aromatic nitrogens is 2. The summed E-state index contributed by atoms with van der Waals surface area (Å²) in [5.74, 6) is 0. The Bertz CT molecular complexity index is 644. The number of benzene rings is 1. The molecule has 0 saturated heterocycles. The van der Waals surface area contributed by atoms with Gasteiger partial charge in [-0.05, 0) is 25.0 Å². The SMILES string of the molecule is CC(C)Sc1nc2ccccc2c(=O)n1C1CC1. The molecule has 1 aromatic heterocycles. The third kappa shape index (κ3) is 2.05. The summed E-state index contributed by atoms with van der Waals surface area (Å²) in [6.45, 7) is 4.26. The van der Waals surface area contributed by atoms with Crippen LogP contribution in [0, 0.1) is 0 Å². The van der Waals surface area contributed by atoms with Crippen molar-refractivity contribution in [2.24, 2.45) is 0 Å². The second kappa shape index (κ2) is 4.43. The molecule has 0 amide bonds. The van der Waals surface area contributed by atoms with Crippen molar-refractivity contribution in [2.75, 3.05) is 0 Å². The summed E-state index contributed by atoms with van der Waals surface area (Å²) in [6.07, 6.45) is 2.21. The van der Waals surface area contributed by atoms with Crippen LogP contribution in [0.3, 0.4) is 0 Å². The van der Waals surface area contributed by atoms with E-state index < -0.39 is 0 Å². The van der Waals surface area contributed by atoms with Gasteiger partial charge in [0.15, 0.2) is 5.16 Å². The van der Waals surface area contributed by atoms with Crippen LogP contribution in [0.25, 0.3) is 10.9 Å². The van der Waals surface area contributed by atoms with E-state index in [1.807, 2.05) is 28.8 Å². The van der Waals surface area contributed by atoms with Crippen molar-refractivity contribution in [2.45, 2.75) is 43.1 Å².